The van der Waals surface area contributed by atoms with Gasteiger partial charge in [0.05, 0.1) is 6.61 Å². The highest BCUT2D eigenvalue weighted by atomic mass is 32.2. The van der Waals surface area contributed by atoms with Gasteiger partial charge in [0, 0.05) is 18.8 Å². The molecule has 0 radical (unpaired) electrons. The van der Waals surface area contributed by atoms with Crippen molar-refractivity contribution in [2.24, 2.45) is 5.92 Å². The Hall–Kier alpha value is -1.25. The van der Waals surface area contributed by atoms with Crippen molar-refractivity contribution in [3.8, 4) is 0 Å². The number of sulfonamides is 1. The smallest absolute Gasteiger partial charge is 0.246 e. The van der Waals surface area contributed by atoms with Crippen LogP contribution < -0.4 is 10.5 Å². The average molecular weight is 306 g/mol. The Bertz CT molecular complexity index is 565. The molecule has 0 aromatic heterocycles. The molecule has 0 bridgehead atoms. The average Bonchev–Trinajstić information content (AvgIpc) is 3.10. The van der Waals surface area contributed by atoms with Crippen molar-refractivity contribution in [1.82, 2.24) is 4.72 Å². The Kier molecular flexibility index (Phi) is 4.56. The van der Waals surface area contributed by atoms with Crippen LogP contribution in [0.2, 0.25) is 0 Å². The summed E-state index contributed by atoms with van der Waals surface area (Å²) in [5.41, 5.74) is 5.06. The number of nitrogen functional groups attached to an aromatic ring is 1. The SMILES string of the molecule is Nc1cc(F)c(S(=O)(=O)NCCOCC2CC2)c(F)c1. The molecular formula is C12H16F2N2O3S. The largest absolute Gasteiger partial charge is 0.399 e. The van der Waals surface area contributed by atoms with Crippen LogP contribution in [0.15, 0.2) is 17.0 Å². The van der Waals surface area contributed by atoms with Crippen molar-refractivity contribution in [3.05, 3.63) is 23.8 Å². The summed E-state index contributed by atoms with van der Waals surface area (Å²) in [4.78, 5) is -1.02. The zero-order valence-corrected chi connectivity index (χ0v) is 11.6. The van der Waals surface area contributed by atoms with E-state index in [1.54, 1.807) is 0 Å². The van der Waals surface area contributed by atoms with Crippen LogP contribution in [-0.4, -0.2) is 28.2 Å². The Morgan fingerprint density at radius 3 is 2.45 bits per heavy atom. The molecule has 1 aliphatic carbocycles. The van der Waals surface area contributed by atoms with E-state index in [0.717, 1.165) is 25.0 Å². The first-order valence-electron chi connectivity index (χ1n) is 6.22. The van der Waals surface area contributed by atoms with Crippen LogP contribution in [-0.2, 0) is 14.8 Å². The Morgan fingerprint density at radius 2 is 1.90 bits per heavy atom. The van der Waals surface area contributed by atoms with Crippen molar-refractivity contribution >= 4 is 15.7 Å². The van der Waals surface area contributed by atoms with Crippen LogP contribution in [0, 0.1) is 17.6 Å². The van der Waals surface area contributed by atoms with Gasteiger partial charge in [-0.3, -0.25) is 0 Å². The van der Waals surface area contributed by atoms with Crippen LogP contribution in [0.25, 0.3) is 0 Å². The maximum absolute atomic E-state index is 13.5. The van der Waals surface area contributed by atoms with E-state index >= 15 is 0 Å². The molecule has 0 unspecified atom stereocenters. The van der Waals surface area contributed by atoms with Gasteiger partial charge in [0.15, 0.2) is 4.90 Å². The molecule has 8 heteroatoms. The molecule has 1 aromatic carbocycles. The topological polar surface area (TPSA) is 81.4 Å². The highest BCUT2D eigenvalue weighted by Gasteiger charge is 2.24. The van der Waals surface area contributed by atoms with E-state index < -0.39 is 26.6 Å². The Labute approximate surface area is 116 Å². The standard InChI is InChI=1S/C12H16F2N2O3S/c13-10-5-9(15)6-11(14)12(10)20(17,18)16-3-4-19-7-8-1-2-8/h5-6,8,16H,1-4,7,15H2. The summed E-state index contributed by atoms with van der Waals surface area (Å²) < 4.78 is 58.0. The van der Waals surface area contributed by atoms with E-state index in [4.69, 9.17) is 10.5 Å². The highest BCUT2D eigenvalue weighted by molar-refractivity contribution is 7.89. The van der Waals surface area contributed by atoms with Gasteiger partial charge in [-0.2, -0.15) is 0 Å². The molecule has 0 amide bonds. The molecule has 2 rings (SSSR count). The zero-order valence-electron chi connectivity index (χ0n) is 10.7. The third-order valence-electron chi connectivity index (χ3n) is 2.88. The lowest BCUT2D eigenvalue weighted by Crippen LogP contribution is -2.29. The molecule has 1 aliphatic rings. The van der Waals surface area contributed by atoms with Crippen LogP contribution in [0.5, 0.6) is 0 Å². The fourth-order valence-electron chi connectivity index (χ4n) is 1.69. The van der Waals surface area contributed by atoms with E-state index in [0.29, 0.717) is 12.5 Å². The lowest BCUT2D eigenvalue weighted by atomic mass is 10.3. The van der Waals surface area contributed by atoms with Crippen molar-refractivity contribution in [2.75, 3.05) is 25.5 Å². The van der Waals surface area contributed by atoms with Crippen molar-refractivity contribution in [2.45, 2.75) is 17.7 Å². The second kappa shape index (κ2) is 6.02. The van der Waals surface area contributed by atoms with Crippen LogP contribution in [0.4, 0.5) is 14.5 Å². The van der Waals surface area contributed by atoms with Crippen molar-refractivity contribution in [1.29, 1.82) is 0 Å². The Balaban J connectivity index is 1.95. The van der Waals surface area contributed by atoms with Crippen LogP contribution in [0.1, 0.15) is 12.8 Å². The molecule has 0 atom stereocenters. The number of hydrogen-bond donors (Lipinski definition) is 2. The molecule has 3 N–H and O–H groups in total. The summed E-state index contributed by atoms with van der Waals surface area (Å²) in [5, 5.41) is 0. The summed E-state index contributed by atoms with van der Waals surface area (Å²) in [5.74, 6) is -1.86. The molecular weight excluding hydrogens is 290 g/mol. The molecule has 20 heavy (non-hydrogen) atoms. The maximum Gasteiger partial charge on any atom is 0.246 e. The van der Waals surface area contributed by atoms with Gasteiger partial charge in [-0.15, -0.1) is 0 Å². The van der Waals surface area contributed by atoms with Gasteiger partial charge in [-0.1, -0.05) is 0 Å². The quantitative estimate of drug-likeness (QED) is 0.587. The van der Waals surface area contributed by atoms with Gasteiger partial charge in [0.25, 0.3) is 0 Å². The van der Waals surface area contributed by atoms with Crippen molar-refractivity contribution < 1.29 is 21.9 Å². The van der Waals surface area contributed by atoms with Crippen LogP contribution in [0.3, 0.4) is 0 Å². The minimum atomic E-state index is -4.26. The van der Waals surface area contributed by atoms with Gasteiger partial charge >= 0.3 is 0 Å². The number of rotatable bonds is 7. The first kappa shape index (κ1) is 15.1. The zero-order chi connectivity index (χ0) is 14.8. The summed E-state index contributed by atoms with van der Waals surface area (Å²) in [6.45, 7) is 0.707. The lowest BCUT2D eigenvalue weighted by Gasteiger charge is -2.09. The highest BCUT2D eigenvalue weighted by Crippen LogP contribution is 2.28. The number of benzene rings is 1. The number of ether oxygens (including phenoxy) is 1. The molecule has 0 spiro atoms. The minimum Gasteiger partial charge on any atom is -0.399 e. The summed E-state index contributed by atoms with van der Waals surface area (Å²) >= 11 is 0. The molecule has 1 aromatic rings. The van der Waals surface area contributed by atoms with Gasteiger partial charge in [0.1, 0.15) is 11.6 Å². The Morgan fingerprint density at radius 1 is 1.30 bits per heavy atom. The first-order chi connectivity index (χ1) is 9.40. The molecule has 112 valence electrons. The van der Waals surface area contributed by atoms with E-state index in [1.807, 2.05) is 0 Å². The fraction of sp³-hybridized carbons (Fsp3) is 0.500. The summed E-state index contributed by atoms with van der Waals surface area (Å²) in [6.07, 6.45) is 2.27. The van der Waals surface area contributed by atoms with E-state index in [9.17, 15) is 17.2 Å². The second-order valence-corrected chi connectivity index (χ2v) is 6.43. The number of nitrogens with one attached hydrogen (secondary N) is 1. The predicted octanol–water partition coefficient (Wildman–Crippen LogP) is 1.25. The van der Waals surface area contributed by atoms with Gasteiger partial charge < -0.3 is 10.5 Å². The lowest BCUT2D eigenvalue weighted by molar-refractivity contribution is 0.129. The summed E-state index contributed by atoms with van der Waals surface area (Å²) in [7, 11) is -4.26. The van der Waals surface area contributed by atoms with Gasteiger partial charge in [0.2, 0.25) is 10.0 Å². The predicted molar refractivity (Wildman–Crippen MR) is 69.5 cm³/mol. The maximum atomic E-state index is 13.5. The first-order valence-corrected chi connectivity index (χ1v) is 7.70. The van der Waals surface area contributed by atoms with Crippen molar-refractivity contribution in [3.63, 3.8) is 0 Å². The molecule has 0 aliphatic heterocycles. The number of hydrogen-bond acceptors (Lipinski definition) is 4. The van der Waals surface area contributed by atoms with Crippen LogP contribution >= 0.6 is 0 Å². The number of anilines is 1. The fourth-order valence-corrected chi connectivity index (χ4v) is 2.82. The monoisotopic (exact) mass is 306 g/mol. The molecule has 1 fully saturated rings. The van der Waals surface area contributed by atoms with E-state index in [1.165, 1.54) is 0 Å². The molecule has 5 nitrogen and oxygen atoms in total. The van der Waals surface area contributed by atoms with Gasteiger partial charge in [-0.25, -0.2) is 21.9 Å². The third kappa shape index (κ3) is 3.87. The minimum absolute atomic E-state index is 0.0433. The molecule has 0 heterocycles. The van der Waals surface area contributed by atoms with E-state index in [2.05, 4.69) is 4.72 Å². The normalized spacial score (nSPS) is 15.5. The summed E-state index contributed by atoms with van der Waals surface area (Å²) in [6, 6.07) is 1.53. The van der Waals surface area contributed by atoms with Gasteiger partial charge in [-0.05, 0) is 30.9 Å². The number of halogens is 2. The van der Waals surface area contributed by atoms with E-state index in [-0.39, 0.29) is 18.8 Å². The number of nitrogens with two attached hydrogens (primary N) is 1. The second-order valence-electron chi connectivity index (χ2n) is 4.73. The molecule has 0 saturated heterocycles. The third-order valence-corrected chi connectivity index (χ3v) is 4.39. The molecule has 1 saturated carbocycles.